The number of benzene rings is 2. The SMILES string of the molecule is O=C(CN1C(=O)NC2(CCCC2)C1=O)N[C@@H](c1ccccc1)c1ccc2nc(C(F)(F)F)[nH]c2c1. The van der Waals surface area contributed by atoms with Gasteiger partial charge in [-0.1, -0.05) is 49.2 Å². The molecule has 0 bridgehead atoms. The van der Waals surface area contributed by atoms with E-state index in [2.05, 4.69) is 20.6 Å². The van der Waals surface area contributed by atoms with E-state index in [9.17, 15) is 27.6 Å². The van der Waals surface area contributed by atoms with E-state index in [1.54, 1.807) is 36.4 Å². The van der Waals surface area contributed by atoms with Crippen LogP contribution in [0.25, 0.3) is 11.0 Å². The standard InChI is InChI=1S/C24H22F3N5O3/c25-24(26,27)20-28-16-9-8-15(12-17(16)29-20)19(14-6-2-1-3-7-14)30-18(33)13-32-21(34)23(31-22(32)35)10-4-5-11-23/h1-3,6-9,12,19H,4-5,10-11,13H2,(H,28,29)(H,30,33)(H,31,35)/t19-/m0/s1. The zero-order valence-corrected chi connectivity index (χ0v) is 18.5. The Balaban J connectivity index is 1.41. The van der Waals surface area contributed by atoms with Gasteiger partial charge in [-0.3, -0.25) is 14.5 Å². The quantitative estimate of drug-likeness (QED) is 0.480. The highest BCUT2D eigenvalue weighted by Crippen LogP contribution is 2.35. The fourth-order valence-corrected chi connectivity index (χ4v) is 4.83. The number of nitrogens with one attached hydrogen (secondary N) is 3. The first kappa shape index (κ1) is 22.9. The molecule has 2 heterocycles. The average Bonchev–Trinajstić information content (AvgIpc) is 3.53. The maximum atomic E-state index is 13.1. The Morgan fingerprint density at radius 1 is 1.09 bits per heavy atom. The van der Waals surface area contributed by atoms with Crippen molar-refractivity contribution >= 4 is 28.9 Å². The summed E-state index contributed by atoms with van der Waals surface area (Å²) in [6.07, 6.45) is -1.87. The molecule has 0 unspecified atom stereocenters. The second-order valence-corrected chi connectivity index (χ2v) is 8.88. The van der Waals surface area contributed by atoms with Crippen molar-refractivity contribution in [1.82, 2.24) is 25.5 Å². The maximum absolute atomic E-state index is 13.1. The van der Waals surface area contributed by atoms with E-state index in [0.29, 0.717) is 24.0 Å². The highest BCUT2D eigenvalue weighted by atomic mass is 19.4. The molecule has 35 heavy (non-hydrogen) atoms. The number of imide groups is 1. The van der Waals surface area contributed by atoms with E-state index in [1.807, 2.05) is 0 Å². The summed E-state index contributed by atoms with van der Waals surface area (Å²) in [6, 6.07) is 12.1. The summed E-state index contributed by atoms with van der Waals surface area (Å²) in [5.74, 6) is -2.08. The highest BCUT2D eigenvalue weighted by Gasteiger charge is 2.52. The number of nitrogens with zero attached hydrogens (tertiary/aromatic N) is 2. The number of carbonyl (C=O) groups is 3. The molecule has 11 heteroatoms. The van der Waals surface area contributed by atoms with Crippen molar-refractivity contribution in [1.29, 1.82) is 0 Å². The fraction of sp³-hybridized carbons (Fsp3) is 0.333. The molecule has 2 fully saturated rings. The van der Waals surface area contributed by atoms with E-state index in [-0.39, 0.29) is 11.0 Å². The lowest BCUT2D eigenvalue weighted by Crippen LogP contribution is -2.45. The molecule has 2 aromatic carbocycles. The number of alkyl halides is 3. The van der Waals surface area contributed by atoms with Crippen LogP contribution in [0.4, 0.5) is 18.0 Å². The highest BCUT2D eigenvalue weighted by molar-refractivity contribution is 6.09. The molecular formula is C24H22F3N5O3. The number of amides is 4. The van der Waals surface area contributed by atoms with Gasteiger partial charge in [-0.2, -0.15) is 13.2 Å². The minimum atomic E-state index is -4.62. The van der Waals surface area contributed by atoms with Gasteiger partial charge >= 0.3 is 12.2 Å². The van der Waals surface area contributed by atoms with Gasteiger partial charge in [0.15, 0.2) is 0 Å². The van der Waals surface area contributed by atoms with E-state index in [4.69, 9.17) is 0 Å². The molecule has 4 amide bonds. The van der Waals surface area contributed by atoms with Crippen LogP contribution in [0.3, 0.4) is 0 Å². The van der Waals surface area contributed by atoms with Gasteiger partial charge in [0.25, 0.3) is 5.91 Å². The summed E-state index contributed by atoms with van der Waals surface area (Å²) in [6.45, 7) is -0.458. The molecule has 182 valence electrons. The smallest absolute Gasteiger partial charge is 0.344 e. The molecule has 1 aromatic heterocycles. The van der Waals surface area contributed by atoms with Gasteiger partial charge in [-0.25, -0.2) is 9.78 Å². The number of carbonyl (C=O) groups excluding carboxylic acids is 3. The molecule has 1 atom stereocenters. The van der Waals surface area contributed by atoms with Crippen molar-refractivity contribution < 1.29 is 27.6 Å². The van der Waals surface area contributed by atoms with Crippen molar-refractivity contribution in [2.45, 2.75) is 43.4 Å². The number of aromatic amines is 1. The van der Waals surface area contributed by atoms with Gasteiger partial charge in [-0.15, -0.1) is 0 Å². The van der Waals surface area contributed by atoms with Crippen LogP contribution < -0.4 is 10.6 Å². The monoisotopic (exact) mass is 485 g/mol. The van der Waals surface area contributed by atoms with Gasteiger partial charge < -0.3 is 15.6 Å². The molecule has 1 aliphatic heterocycles. The third-order valence-electron chi connectivity index (χ3n) is 6.55. The molecule has 5 rings (SSSR count). The Labute approximate surface area is 197 Å². The van der Waals surface area contributed by atoms with Crippen LogP contribution in [0.2, 0.25) is 0 Å². The molecule has 8 nitrogen and oxygen atoms in total. The van der Waals surface area contributed by atoms with E-state index < -0.39 is 48.0 Å². The number of hydrogen-bond donors (Lipinski definition) is 3. The number of fused-ring (bicyclic) bond motifs is 1. The van der Waals surface area contributed by atoms with Crippen LogP contribution in [0.15, 0.2) is 48.5 Å². The van der Waals surface area contributed by atoms with Crippen molar-refractivity contribution in [3.05, 3.63) is 65.5 Å². The molecule has 1 spiro atoms. The van der Waals surface area contributed by atoms with Crippen LogP contribution in [0, 0.1) is 0 Å². The number of urea groups is 1. The first-order valence-corrected chi connectivity index (χ1v) is 11.2. The maximum Gasteiger partial charge on any atom is 0.449 e. The Morgan fingerprint density at radius 2 is 1.80 bits per heavy atom. The molecule has 1 saturated heterocycles. The molecule has 3 aromatic rings. The largest absolute Gasteiger partial charge is 0.449 e. The van der Waals surface area contributed by atoms with E-state index in [0.717, 1.165) is 17.7 Å². The summed E-state index contributed by atoms with van der Waals surface area (Å²) in [5, 5.41) is 5.57. The number of rotatable bonds is 5. The lowest BCUT2D eigenvalue weighted by molar-refractivity contribution is -0.144. The van der Waals surface area contributed by atoms with Gasteiger partial charge in [0.1, 0.15) is 12.1 Å². The minimum absolute atomic E-state index is 0.139. The van der Waals surface area contributed by atoms with Crippen LogP contribution >= 0.6 is 0 Å². The fourth-order valence-electron chi connectivity index (χ4n) is 4.83. The summed E-state index contributed by atoms with van der Waals surface area (Å²) >= 11 is 0. The van der Waals surface area contributed by atoms with Crippen LogP contribution in [-0.4, -0.2) is 44.8 Å². The lowest BCUT2D eigenvalue weighted by atomic mass is 9.97. The number of aromatic nitrogens is 2. The summed E-state index contributed by atoms with van der Waals surface area (Å²) < 4.78 is 39.2. The number of H-pyrrole nitrogens is 1. The van der Waals surface area contributed by atoms with Crippen LogP contribution in [0.1, 0.15) is 48.7 Å². The Kier molecular flexibility index (Phi) is 5.49. The molecular weight excluding hydrogens is 463 g/mol. The lowest BCUT2D eigenvalue weighted by Gasteiger charge is -2.22. The molecule has 0 radical (unpaired) electrons. The van der Waals surface area contributed by atoms with Crippen molar-refractivity contribution in [3.63, 3.8) is 0 Å². The number of halogens is 3. The van der Waals surface area contributed by atoms with Crippen molar-refractivity contribution in [3.8, 4) is 0 Å². The molecule has 2 aliphatic rings. The van der Waals surface area contributed by atoms with Crippen molar-refractivity contribution in [2.75, 3.05) is 6.54 Å². The predicted molar refractivity (Wildman–Crippen MR) is 119 cm³/mol. The number of hydrogen-bond acceptors (Lipinski definition) is 4. The van der Waals surface area contributed by atoms with E-state index >= 15 is 0 Å². The summed E-state index contributed by atoms with van der Waals surface area (Å²) in [5.41, 5.74) is 0.583. The predicted octanol–water partition coefficient (Wildman–Crippen LogP) is 3.65. The number of imidazole rings is 1. The second kappa shape index (κ2) is 8.40. The first-order chi connectivity index (χ1) is 16.7. The topological polar surface area (TPSA) is 107 Å². The van der Waals surface area contributed by atoms with Gasteiger partial charge in [0.2, 0.25) is 11.7 Å². The summed E-state index contributed by atoms with van der Waals surface area (Å²) in [4.78, 5) is 45.1. The zero-order chi connectivity index (χ0) is 24.8. The van der Waals surface area contributed by atoms with Crippen LogP contribution in [0.5, 0.6) is 0 Å². The molecule has 3 N–H and O–H groups in total. The van der Waals surface area contributed by atoms with Crippen molar-refractivity contribution in [2.24, 2.45) is 0 Å². The van der Waals surface area contributed by atoms with Gasteiger partial charge in [0.05, 0.1) is 17.1 Å². The summed E-state index contributed by atoms with van der Waals surface area (Å²) in [7, 11) is 0. The molecule has 1 aliphatic carbocycles. The van der Waals surface area contributed by atoms with Gasteiger partial charge in [-0.05, 0) is 36.1 Å². The second-order valence-electron chi connectivity index (χ2n) is 8.88. The average molecular weight is 485 g/mol. The third-order valence-corrected chi connectivity index (χ3v) is 6.55. The Morgan fingerprint density at radius 3 is 2.49 bits per heavy atom. The first-order valence-electron chi connectivity index (χ1n) is 11.2. The van der Waals surface area contributed by atoms with Crippen LogP contribution in [-0.2, 0) is 15.8 Å². The molecule has 1 saturated carbocycles. The normalized spacial score (nSPS) is 18.3. The van der Waals surface area contributed by atoms with E-state index in [1.165, 1.54) is 12.1 Å². The minimum Gasteiger partial charge on any atom is -0.344 e. The third kappa shape index (κ3) is 4.22. The Bertz CT molecular complexity index is 1300. The zero-order valence-electron chi connectivity index (χ0n) is 18.5. The Hall–Kier alpha value is -3.89. The van der Waals surface area contributed by atoms with Gasteiger partial charge in [0, 0.05) is 0 Å².